The zero-order valence-corrected chi connectivity index (χ0v) is 16.6. The van der Waals surface area contributed by atoms with Gasteiger partial charge in [0.05, 0.1) is 23.9 Å². The lowest BCUT2D eigenvalue weighted by molar-refractivity contribution is 0.0948. The molecule has 0 aliphatic heterocycles. The first-order valence-electron chi connectivity index (χ1n) is 8.03. The number of nitrogens with one attached hydrogen (secondary N) is 1. The van der Waals surface area contributed by atoms with Crippen molar-refractivity contribution in [2.45, 2.75) is 25.0 Å². The number of methoxy groups -OCH3 is 1. The van der Waals surface area contributed by atoms with Gasteiger partial charge in [-0.05, 0) is 32.2 Å². The third-order valence-corrected chi connectivity index (χ3v) is 5.37. The van der Waals surface area contributed by atoms with Crippen LogP contribution in [-0.2, 0) is 0 Å². The molecule has 0 fully saturated rings. The molecule has 3 rings (SSSR count). The summed E-state index contributed by atoms with van der Waals surface area (Å²) in [5.41, 5.74) is 8.33. The molecule has 0 atom stereocenters. The number of thiophene rings is 1. The van der Waals surface area contributed by atoms with Gasteiger partial charge in [-0.1, -0.05) is 23.9 Å². The summed E-state index contributed by atoms with van der Waals surface area (Å²) in [5, 5.41) is 4.22. The van der Waals surface area contributed by atoms with Gasteiger partial charge in [0.2, 0.25) is 0 Å². The number of carbonyl (C=O) groups is 1. The van der Waals surface area contributed by atoms with Crippen LogP contribution in [0, 0.1) is 0 Å². The van der Waals surface area contributed by atoms with Crippen LogP contribution in [0.4, 0.5) is 5.69 Å². The zero-order valence-electron chi connectivity index (χ0n) is 15.0. The van der Waals surface area contributed by atoms with E-state index in [4.69, 9.17) is 10.5 Å². The molecule has 1 aromatic carbocycles. The number of thioether (sulfide) groups is 1. The second kappa shape index (κ2) is 7.51. The highest BCUT2D eigenvalue weighted by Crippen LogP contribution is 2.39. The van der Waals surface area contributed by atoms with Crippen LogP contribution in [0.15, 0.2) is 29.4 Å². The summed E-state index contributed by atoms with van der Waals surface area (Å²) in [4.78, 5) is 22.9. The van der Waals surface area contributed by atoms with Gasteiger partial charge in [0.15, 0.2) is 5.16 Å². The lowest BCUT2D eigenvalue weighted by Gasteiger charge is -2.08. The first-order chi connectivity index (χ1) is 12.4. The number of rotatable bonds is 5. The van der Waals surface area contributed by atoms with E-state index >= 15 is 0 Å². The first-order valence-corrected chi connectivity index (χ1v) is 10.1. The number of nitrogens with zero attached hydrogens (tertiary/aromatic N) is 2. The number of hydrogen-bond donors (Lipinski definition) is 2. The molecule has 0 saturated carbocycles. The predicted octanol–water partition coefficient (Wildman–Crippen LogP) is 3.81. The number of anilines is 1. The van der Waals surface area contributed by atoms with Crippen molar-refractivity contribution in [3.05, 3.63) is 29.1 Å². The van der Waals surface area contributed by atoms with E-state index in [9.17, 15) is 4.79 Å². The lowest BCUT2D eigenvalue weighted by Crippen LogP contribution is -2.29. The highest BCUT2D eigenvalue weighted by molar-refractivity contribution is 7.98. The molecule has 2 heterocycles. The number of nitrogens with two attached hydrogens (primary N) is 1. The number of nitrogen functional groups attached to an aromatic ring is 1. The molecule has 0 spiro atoms. The monoisotopic (exact) mass is 388 g/mol. The van der Waals surface area contributed by atoms with E-state index in [0.717, 1.165) is 11.3 Å². The molecule has 3 N–H and O–H groups in total. The molecule has 3 aromatic rings. The Morgan fingerprint density at radius 1 is 1.35 bits per heavy atom. The Morgan fingerprint density at radius 2 is 2.12 bits per heavy atom. The number of aromatic nitrogens is 2. The smallest absolute Gasteiger partial charge is 0.263 e. The van der Waals surface area contributed by atoms with Gasteiger partial charge >= 0.3 is 0 Å². The maximum atomic E-state index is 12.5. The van der Waals surface area contributed by atoms with Crippen LogP contribution >= 0.6 is 23.1 Å². The summed E-state index contributed by atoms with van der Waals surface area (Å²) >= 11 is 2.74. The summed E-state index contributed by atoms with van der Waals surface area (Å²) in [6, 6.07) is 7.64. The fourth-order valence-corrected chi connectivity index (χ4v) is 3.99. The second-order valence-electron chi connectivity index (χ2n) is 5.94. The van der Waals surface area contributed by atoms with Gasteiger partial charge in [-0.3, -0.25) is 4.79 Å². The highest BCUT2D eigenvalue weighted by Gasteiger charge is 2.22. The van der Waals surface area contributed by atoms with E-state index in [1.54, 1.807) is 7.11 Å². The van der Waals surface area contributed by atoms with Gasteiger partial charge in [-0.25, -0.2) is 9.97 Å². The Kier molecular flexibility index (Phi) is 5.33. The predicted molar refractivity (Wildman–Crippen MR) is 108 cm³/mol. The molecule has 2 aromatic heterocycles. The van der Waals surface area contributed by atoms with Gasteiger partial charge < -0.3 is 15.8 Å². The summed E-state index contributed by atoms with van der Waals surface area (Å²) in [6.07, 6.45) is 1.92. The number of fused-ring (bicyclic) bond motifs is 1. The largest absolute Gasteiger partial charge is 0.497 e. The molecule has 0 unspecified atom stereocenters. The highest BCUT2D eigenvalue weighted by atomic mass is 32.2. The van der Waals surface area contributed by atoms with Gasteiger partial charge in [-0.15, -0.1) is 11.3 Å². The molecule has 0 aliphatic carbocycles. The van der Waals surface area contributed by atoms with E-state index in [-0.39, 0.29) is 11.9 Å². The Labute approximate surface area is 160 Å². The summed E-state index contributed by atoms with van der Waals surface area (Å²) < 4.78 is 5.32. The van der Waals surface area contributed by atoms with Crippen LogP contribution in [0.5, 0.6) is 5.75 Å². The molecule has 26 heavy (non-hydrogen) atoms. The third kappa shape index (κ3) is 3.47. The maximum absolute atomic E-state index is 12.5. The van der Waals surface area contributed by atoms with Crippen LogP contribution in [-0.4, -0.2) is 35.3 Å². The molecule has 0 bridgehead atoms. The Balaban J connectivity index is 2.24. The maximum Gasteiger partial charge on any atom is 0.263 e. The Bertz CT molecular complexity index is 969. The number of benzene rings is 1. The van der Waals surface area contributed by atoms with Crippen molar-refractivity contribution in [3.63, 3.8) is 0 Å². The standard InChI is InChI=1S/C18H20N4O2S2/c1-9(2)20-16(23)15-13(19)12-14(10-6-5-7-11(8-10)24-3)21-18(25-4)22-17(12)26-15/h5-9H,19H2,1-4H3,(H,20,23). The zero-order chi connectivity index (χ0) is 18.8. The molecule has 8 heteroatoms. The van der Waals surface area contributed by atoms with E-state index in [1.165, 1.54) is 23.1 Å². The molecule has 0 saturated heterocycles. The fraction of sp³-hybridized carbons (Fsp3) is 0.278. The third-order valence-electron chi connectivity index (χ3n) is 3.72. The van der Waals surface area contributed by atoms with Crippen LogP contribution in [0.2, 0.25) is 0 Å². The summed E-state index contributed by atoms with van der Waals surface area (Å²) in [5.74, 6) is 0.536. The van der Waals surface area contributed by atoms with Crippen molar-refractivity contribution in [2.75, 3.05) is 19.1 Å². The second-order valence-corrected chi connectivity index (χ2v) is 7.72. The molecule has 1 amide bonds. The molecule has 0 aliphatic rings. The number of hydrogen-bond acceptors (Lipinski definition) is 7. The van der Waals surface area contributed by atoms with E-state index in [0.29, 0.717) is 31.6 Å². The summed E-state index contributed by atoms with van der Waals surface area (Å²) in [6.45, 7) is 3.82. The van der Waals surface area contributed by atoms with Crippen molar-refractivity contribution in [1.29, 1.82) is 0 Å². The van der Waals surface area contributed by atoms with Gasteiger partial charge in [0.1, 0.15) is 15.5 Å². The SMILES string of the molecule is COc1cccc(-c2nc(SC)nc3sc(C(=O)NC(C)C)c(N)c23)c1. The van der Waals surface area contributed by atoms with Gasteiger partial charge in [0, 0.05) is 11.6 Å². The van der Waals surface area contributed by atoms with Crippen molar-refractivity contribution < 1.29 is 9.53 Å². The average Bonchev–Trinajstić information content (AvgIpc) is 2.97. The molecule has 0 radical (unpaired) electrons. The minimum Gasteiger partial charge on any atom is -0.497 e. The molecular weight excluding hydrogens is 368 g/mol. The first kappa shape index (κ1) is 18.5. The van der Waals surface area contributed by atoms with Crippen molar-refractivity contribution in [1.82, 2.24) is 15.3 Å². The molecule has 136 valence electrons. The lowest BCUT2D eigenvalue weighted by atomic mass is 10.1. The van der Waals surface area contributed by atoms with Gasteiger partial charge in [0.25, 0.3) is 5.91 Å². The van der Waals surface area contributed by atoms with Crippen LogP contribution < -0.4 is 15.8 Å². The number of amides is 1. The average molecular weight is 389 g/mol. The summed E-state index contributed by atoms with van der Waals surface area (Å²) in [7, 11) is 1.62. The van der Waals surface area contributed by atoms with Crippen LogP contribution in [0.1, 0.15) is 23.5 Å². The molecule has 6 nitrogen and oxygen atoms in total. The normalized spacial score (nSPS) is 11.1. The van der Waals surface area contributed by atoms with Crippen molar-refractivity contribution >= 4 is 44.9 Å². The number of ether oxygens (including phenoxy) is 1. The fourth-order valence-electron chi connectivity index (χ4n) is 2.57. The van der Waals surface area contributed by atoms with Crippen LogP contribution in [0.3, 0.4) is 0 Å². The number of carbonyl (C=O) groups excluding carboxylic acids is 1. The molecular formula is C18H20N4O2S2. The minimum atomic E-state index is -0.192. The van der Waals surface area contributed by atoms with Crippen LogP contribution in [0.25, 0.3) is 21.5 Å². The minimum absolute atomic E-state index is 0.0257. The Hall–Kier alpha value is -2.32. The van der Waals surface area contributed by atoms with Gasteiger partial charge in [-0.2, -0.15) is 0 Å². The van der Waals surface area contributed by atoms with Crippen molar-refractivity contribution in [3.8, 4) is 17.0 Å². The Morgan fingerprint density at radius 3 is 2.77 bits per heavy atom. The topological polar surface area (TPSA) is 90.1 Å². The quantitative estimate of drug-likeness (QED) is 0.510. The van der Waals surface area contributed by atoms with E-state index < -0.39 is 0 Å². The van der Waals surface area contributed by atoms with E-state index in [1.807, 2.05) is 44.4 Å². The van der Waals surface area contributed by atoms with E-state index in [2.05, 4.69) is 15.3 Å². The van der Waals surface area contributed by atoms with Crippen molar-refractivity contribution in [2.24, 2.45) is 0 Å².